The Hall–Kier alpha value is -0.440. The molecule has 0 unspecified atom stereocenters. The third-order valence-electron chi connectivity index (χ3n) is 4.85. The van der Waals surface area contributed by atoms with Crippen molar-refractivity contribution in [2.24, 2.45) is 14.1 Å². The lowest BCUT2D eigenvalue weighted by Gasteiger charge is -2.03. The van der Waals surface area contributed by atoms with E-state index in [4.69, 9.17) is 0 Å². The molecule has 0 saturated heterocycles. The molecule has 0 aliphatic rings. The second-order valence-electron chi connectivity index (χ2n) is 7.25. The third kappa shape index (κ3) is 10.4. The SMILES string of the molecule is CCCCCCCCCCCCCCCCSc1n(C)cc[n+]1C. The molecular weight excluding hydrogens is 312 g/mol. The molecule has 3 heteroatoms. The smallest absolute Gasteiger partial charge is 0.227 e. The fourth-order valence-electron chi connectivity index (χ4n) is 3.24. The molecule has 0 aliphatic heterocycles. The molecule has 0 aliphatic carbocycles. The van der Waals surface area contributed by atoms with Crippen molar-refractivity contribution in [3.05, 3.63) is 12.4 Å². The highest BCUT2D eigenvalue weighted by Gasteiger charge is 2.10. The molecule has 0 radical (unpaired) electrons. The maximum absolute atomic E-state index is 2.29. The average molecular weight is 354 g/mol. The van der Waals surface area contributed by atoms with Crippen LogP contribution < -0.4 is 4.57 Å². The molecule has 0 aromatic carbocycles. The largest absolute Gasteiger partial charge is 0.317 e. The normalized spacial score (nSPS) is 11.3. The van der Waals surface area contributed by atoms with E-state index in [-0.39, 0.29) is 0 Å². The minimum Gasteiger partial charge on any atom is -0.227 e. The minimum atomic E-state index is 1.25. The van der Waals surface area contributed by atoms with Crippen molar-refractivity contribution in [1.29, 1.82) is 0 Å². The van der Waals surface area contributed by atoms with E-state index in [1.165, 1.54) is 101 Å². The Kier molecular flexibility index (Phi) is 13.4. The standard InChI is InChI=1S/C21H41N2S/c1-4-5-6-7-8-9-10-11-12-13-14-15-16-17-20-24-21-22(2)18-19-23(21)3/h18-19H,4-17,20H2,1-3H3/q+1. The first-order chi connectivity index (χ1) is 11.8. The van der Waals surface area contributed by atoms with Crippen LogP contribution in [0.25, 0.3) is 0 Å². The first-order valence-corrected chi connectivity index (χ1v) is 11.4. The Bertz CT molecular complexity index is 381. The van der Waals surface area contributed by atoms with Crippen LogP contribution in [0.5, 0.6) is 0 Å². The number of hydrogen-bond donors (Lipinski definition) is 0. The minimum absolute atomic E-state index is 1.25. The van der Waals surface area contributed by atoms with Crippen molar-refractivity contribution < 1.29 is 4.57 Å². The van der Waals surface area contributed by atoms with Gasteiger partial charge in [-0.1, -0.05) is 90.4 Å². The van der Waals surface area contributed by atoms with Gasteiger partial charge < -0.3 is 0 Å². The number of rotatable bonds is 16. The number of aromatic nitrogens is 2. The van der Waals surface area contributed by atoms with Crippen molar-refractivity contribution in [3.63, 3.8) is 0 Å². The van der Waals surface area contributed by atoms with E-state index in [0.717, 1.165) is 0 Å². The van der Waals surface area contributed by atoms with Gasteiger partial charge >= 0.3 is 5.16 Å². The number of hydrogen-bond acceptors (Lipinski definition) is 1. The van der Waals surface area contributed by atoms with E-state index in [2.05, 4.69) is 42.5 Å². The number of imidazole rings is 1. The zero-order valence-electron chi connectivity index (χ0n) is 16.6. The summed E-state index contributed by atoms with van der Waals surface area (Å²) in [7, 11) is 4.26. The molecule has 2 nitrogen and oxygen atoms in total. The Morgan fingerprint density at radius 1 is 0.792 bits per heavy atom. The van der Waals surface area contributed by atoms with Gasteiger partial charge in [-0.3, -0.25) is 0 Å². The first kappa shape index (κ1) is 21.6. The predicted molar refractivity (Wildman–Crippen MR) is 108 cm³/mol. The lowest BCUT2D eigenvalue weighted by atomic mass is 10.0. The number of aryl methyl sites for hydroxylation is 2. The summed E-state index contributed by atoms with van der Waals surface area (Å²) in [6.07, 6.45) is 24.4. The van der Waals surface area contributed by atoms with E-state index in [0.29, 0.717) is 0 Å². The summed E-state index contributed by atoms with van der Waals surface area (Å²) in [5.41, 5.74) is 0. The van der Waals surface area contributed by atoms with Gasteiger partial charge in [0.05, 0.1) is 14.1 Å². The Labute approximate surface area is 155 Å². The molecule has 0 bridgehead atoms. The Morgan fingerprint density at radius 2 is 1.25 bits per heavy atom. The van der Waals surface area contributed by atoms with E-state index < -0.39 is 0 Å². The third-order valence-corrected chi connectivity index (χ3v) is 6.17. The van der Waals surface area contributed by atoms with E-state index in [1.807, 2.05) is 11.8 Å². The fourth-order valence-corrected chi connectivity index (χ4v) is 4.30. The highest BCUT2D eigenvalue weighted by molar-refractivity contribution is 7.99. The number of nitrogens with zero attached hydrogens (tertiary/aromatic N) is 2. The number of unbranched alkanes of at least 4 members (excludes halogenated alkanes) is 13. The summed E-state index contributed by atoms with van der Waals surface area (Å²) in [6, 6.07) is 0. The topological polar surface area (TPSA) is 8.81 Å². The maximum atomic E-state index is 2.29. The summed E-state index contributed by atoms with van der Waals surface area (Å²) in [5.74, 6) is 1.25. The lowest BCUT2D eigenvalue weighted by molar-refractivity contribution is -0.709. The lowest BCUT2D eigenvalue weighted by Crippen LogP contribution is -2.28. The van der Waals surface area contributed by atoms with Gasteiger partial charge in [0.15, 0.2) is 0 Å². The summed E-state index contributed by atoms with van der Waals surface area (Å²) in [5, 5.41) is 1.37. The second-order valence-corrected chi connectivity index (χ2v) is 8.31. The average Bonchev–Trinajstić information content (AvgIpc) is 2.90. The fraction of sp³-hybridized carbons (Fsp3) is 0.857. The summed E-state index contributed by atoms with van der Waals surface area (Å²) in [6.45, 7) is 2.29. The highest BCUT2D eigenvalue weighted by atomic mass is 32.2. The van der Waals surface area contributed by atoms with Crippen LogP contribution in [0, 0.1) is 0 Å². The van der Waals surface area contributed by atoms with Crippen LogP contribution in [-0.4, -0.2) is 10.3 Å². The molecule has 140 valence electrons. The molecule has 24 heavy (non-hydrogen) atoms. The van der Waals surface area contributed by atoms with Crippen LogP contribution in [-0.2, 0) is 14.1 Å². The van der Waals surface area contributed by atoms with E-state index >= 15 is 0 Å². The zero-order valence-corrected chi connectivity index (χ0v) is 17.4. The summed E-state index contributed by atoms with van der Waals surface area (Å²) >= 11 is 1.99. The molecule has 1 heterocycles. The van der Waals surface area contributed by atoms with Crippen LogP contribution in [0.4, 0.5) is 0 Å². The molecule has 0 fully saturated rings. The highest BCUT2D eigenvalue weighted by Crippen LogP contribution is 2.17. The Balaban J connectivity index is 1.78. The predicted octanol–water partition coefficient (Wildman–Crippen LogP) is 6.42. The van der Waals surface area contributed by atoms with Crippen LogP contribution in [0.2, 0.25) is 0 Å². The number of thioether (sulfide) groups is 1. The second kappa shape index (κ2) is 14.9. The van der Waals surface area contributed by atoms with Crippen molar-refractivity contribution in [1.82, 2.24) is 4.57 Å². The van der Waals surface area contributed by atoms with Gasteiger partial charge in [-0.05, 0) is 18.2 Å². The van der Waals surface area contributed by atoms with Gasteiger partial charge in [-0.25, -0.2) is 9.13 Å². The zero-order chi connectivity index (χ0) is 17.5. The van der Waals surface area contributed by atoms with Gasteiger partial charge in [0.1, 0.15) is 12.4 Å². The van der Waals surface area contributed by atoms with Gasteiger partial charge in [0, 0.05) is 5.75 Å². The molecule has 1 aromatic rings. The van der Waals surface area contributed by atoms with Gasteiger partial charge in [-0.15, -0.1) is 0 Å². The molecule has 0 N–H and O–H groups in total. The quantitative estimate of drug-likeness (QED) is 0.189. The Morgan fingerprint density at radius 3 is 1.67 bits per heavy atom. The van der Waals surface area contributed by atoms with E-state index in [9.17, 15) is 0 Å². The molecule has 0 saturated carbocycles. The van der Waals surface area contributed by atoms with Crippen molar-refractivity contribution in [2.45, 2.75) is 102 Å². The van der Waals surface area contributed by atoms with Gasteiger partial charge in [0.25, 0.3) is 0 Å². The summed E-state index contributed by atoms with van der Waals surface area (Å²) < 4.78 is 4.43. The molecule has 0 amide bonds. The van der Waals surface area contributed by atoms with Gasteiger partial charge in [-0.2, -0.15) is 0 Å². The van der Waals surface area contributed by atoms with Crippen LogP contribution in [0.15, 0.2) is 17.6 Å². The first-order valence-electron chi connectivity index (χ1n) is 10.4. The van der Waals surface area contributed by atoms with Crippen molar-refractivity contribution in [3.8, 4) is 0 Å². The van der Waals surface area contributed by atoms with Gasteiger partial charge in [0.2, 0.25) is 0 Å². The monoisotopic (exact) mass is 353 g/mol. The molecule has 0 spiro atoms. The maximum Gasteiger partial charge on any atom is 0.317 e. The molecular formula is C21H41N2S+. The summed E-state index contributed by atoms with van der Waals surface area (Å²) in [4.78, 5) is 0. The van der Waals surface area contributed by atoms with E-state index in [1.54, 1.807) is 0 Å². The van der Waals surface area contributed by atoms with Crippen molar-refractivity contribution in [2.75, 3.05) is 5.75 Å². The molecule has 1 aromatic heterocycles. The van der Waals surface area contributed by atoms with Crippen molar-refractivity contribution >= 4 is 11.8 Å². The van der Waals surface area contributed by atoms with Crippen LogP contribution >= 0.6 is 11.8 Å². The molecule has 1 rings (SSSR count). The molecule has 0 atom stereocenters. The van der Waals surface area contributed by atoms with Crippen LogP contribution in [0.1, 0.15) is 96.8 Å². The van der Waals surface area contributed by atoms with Crippen LogP contribution in [0.3, 0.4) is 0 Å².